The van der Waals surface area contributed by atoms with Crippen LogP contribution in [0, 0.1) is 0 Å². The van der Waals surface area contributed by atoms with Crippen molar-refractivity contribution in [3.8, 4) is 0 Å². The Balaban J connectivity index is 3.61. The second-order valence-corrected chi connectivity index (χ2v) is 3.60. The molecule has 0 amide bonds. The van der Waals surface area contributed by atoms with Gasteiger partial charge in [-0.2, -0.15) is 0 Å². The number of unbranched alkanes of at least 4 members (excludes halogenated alkanes) is 1. The minimum Gasteiger partial charge on any atom is -0.481 e. The molecule has 0 saturated heterocycles. The highest BCUT2D eigenvalue weighted by atomic mass is 16.6. The molecule has 0 aromatic carbocycles. The van der Waals surface area contributed by atoms with Gasteiger partial charge in [-0.15, -0.1) is 0 Å². The summed E-state index contributed by atoms with van der Waals surface area (Å²) < 4.78 is 15.2. The molecule has 0 aliphatic heterocycles. The third-order valence-corrected chi connectivity index (χ3v) is 1.96. The molecule has 1 atom stereocenters. The van der Waals surface area contributed by atoms with Gasteiger partial charge < -0.3 is 19.3 Å². The van der Waals surface area contributed by atoms with Gasteiger partial charge in [0.2, 0.25) is 0 Å². The van der Waals surface area contributed by atoms with Crippen molar-refractivity contribution >= 4 is 11.9 Å². The highest BCUT2D eigenvalue weighted by molar-refractivity contribution is 5.66. The first-order valence-electron chi connectivity index (χ1n) is 5.52. The molecule has 17 heavy (non-hydrogen) atoms. The lowest BCUT2D eigenvalue weighted by atomic mass is 10.2. The quantitative estimate of drug-likeness (QED) is 0.455. The minimum absolute atomic E-state index is 0.141. The van der Waals surface area contributed by atoms with Crippen molar-refractivity contribution in [2.75, 3.05) is 26.9 Å². The molecule has 1 unspecified atom stereocenters. The lowest BCUT2D eigenvalue weighted by molar-refractivity contribution is -0.147. The van der Waals surface area contributed by atoms with Crippen molar-refractivity contribution in [1.82, 2.24) is 0 Å². The fourth-order valence-electron chi connectivity index (χ4n) is 1.17. The van der Waals surface area contributed by atoms with E-state index in [1.807, 2.05) is 0 Å². The summed E-state index contributed by atoms with van der Waals surface area (Å²) in [5.74, 6) is -1.17. The van der Waals surface area contributed by atoms with Gasteiger partial charge in [0.1, 0.15) is 12.7 Å². The molecule has 0 spiro atoms. The lowest BCUT2D eigenvalue weighted by Gasteiger charge is -2.16. The van der Waals surface area contributed by atoms with Crippen molar-refractivity contribution < 1.29 is 28.9 Å². The maximum atomic E-state index is 10.6. The van der Waals surface area contributed by atoms with Gasteiger partial charge in [-0.1, -0.05) is 0 Å². The molecular formula is C11H20O6. The van der Waals surface area contributed by atoms with E-state index in [4.69, 9.17) is 19.3 Å². The normalized spacial score (nSPS) is 12.1. The number of carboxylic acids is 1. The van der Waals surface area contributed by atoms with E-state index in [1.54, 1.807) is 0 Å². The first kappa shape index (κ1) is 15.9. The number of carboxylic acid groups (broad SMARTS) is 1. The maximum Gasteiger partial charge on any atom is 0.303 e. The molecule has 0 aliphatic rings. The summed E-state index contributed by atoms with van der Waals surface area (Å²) in [7, 11) is 1.54. The fourth-order valence-corrected chi connectivity index (χ4v) is 1.17. The summed E-state index contributed by atoms with van der Waals surface area (Å²) in [5, 5.41) is 8.43. The third-order valence-electron chi connectivity index (χ3n) is 1.96. The first-order valence-corrected chi connectivity index (χ1v) is 5.52. The zero-order valence-electron chi connectivity index (χ0n) is 10.3. The maximum absolute atomic E-state index is 10.6. The van der Waals surface area contributed by atoms with Crippen LogP contribution in [0.15, 0.2) is 0 Å². The van der Waals surface area contributed by atoms with Gasteiger partial charge in [-0.05, 0) is 12.8 Å². The van der Waals surface area contributed by atoms with Crippen molar-refractivity contribution in [2.45, 2.75) is 32.3 Å². The Morgan fingerprint density at radius 1 is 1.24 bits per heavy atom. The number of carbonyl (C=O) groups is 2. The van der Waals surface area contributed by atoms with Gasteiger partial charge in [-0.25, -0.2) is 0 Å². The topological polar surface area (TPSA) is 82.1 Å². The zero-order valence-corrected chi connectivity index (χ0v) is 10.3. The van der Waals surface area contributed by atoms with Crippen LogP contribution in [0.3, 0.4) is 0 Å². The van der Waals surface area contributed by atoms with Crippen molar-refractivity contribution in [1.29, 1.82) is 0 Å². The van der Waals surface area contributed by atoms with Crippen LogP contribution in [-0.2, 0) is 23.8 Å². The predicted octanol–water partition coefficient (Wildman–Crippen LogP) is 0.836. The molecule has 0 radical (unpaired) electrons. The average molecular weight is 248 g/mol. The van der Waals surface area contributed by atoms with Crippen molar-refractivity contribution in [3.05, 3.63) is 0 Å². The molecule has 0 aromatic rings. The van der Waals surface area contributed by atoms with Crippen LogP contribution in [0.4, 0.5) is 0 Å². The number of carbonyl (C=O) groups excluding carboxylic acids is 1. The van der Waals surface area contributed by atoms with E-state index in [-0.39, 0.29) is 25.1 Å². The third kappa shape index (κ3) is 11.1. The molecule has 0 heterocycles. The van der Waals surface area contributed by atoms with E-state index >= 15 is 0 Å². The van der Waals surface area contributed by atoms with E-state index in [0.29, 0.717) is 26.1 Å². The second-order valence-electron chi connectivity index (χ2n) is 3.60. The second kappa shape index (κ2) is 10.0. The highest BCUT2D eigenvalue weighted by Crippen LogP contribution is 2.00. The number of hydrogen-bond donors (Lipinski definition) is 1. The molecule has 0 rings (SSSR count). The van der Waals surface area contributed by atoms with E-state index in [1.165, 1.54) is 14.0 Å². The van der Waals surface area contributed by atoms with Gasteiger partial charge in [0.25, 0.3) is 0 Å². The van der Waals surface area contributed by atoms with Crippen LogP contribution < -0.4 is 0 Å². The lowest BCUT2D eigenvalue weighted by Crippen LogP contribution is -2.26. The number of methoxy groups -OCH3 is 1. The van der Waals surface area contributed by atoms with E-state index < -0.39 is 5.97 Å². The average Bonchev–Trinajstić information content (AvgIpc) is 2.24. The Morgan fingerprint density at radius 3 is 2.47 bits per heavy atom. The summed E-state index contributed by atoms with van der Waals surface area (Å²) in [6, 6.07) is 0. The molecular weight excluding hydrogens is 228 g/mol. The minimum atomic E-state index is -0.807. The predicted molar refractivity (Wildman–Crippen MR) is 59.7 cm³/mol. The molecule has 0 saturated carbocycles. The standard InChI is InChI=1S/C11H20O6/c1-9(12)17-8-10(7-15-2)16-6-4-3-5-11(13)14/h10H,3-8H2,1-2H3,(H,13,14). The summed E-state index contributed by atoms with van der Waals surface area (Å²) in [6.45, 7) is 2.26. The highest BCUT2D eigenvalue weighted by Gasteiger charge is 2.10. The Hall–Kier alpha value is -1.14. The van der Waals surface area contributed by atoms with Gasteiger partial charge in [0, 0.05) is 27.1 Å². The number of esters is 1. The molecule has 100 valence electrons. The van der Waals surface area contributed by atoms with Crippen LogP contribution in [0.2, 0.25) is 0 Å². The summed E-state index contributed by atoms with van der Waals surface area (Å²) >= 11 is 0. The van der Waals surface area contributed by atoms with E-state index in [2.05, 4.69) is 0 Å². The van der Waals surface area contributed by atoms with E-state index in [9.17, 15) is 9.59 Å². The number of aliphatic carboxylic acids is 1. The van der Waals surface area contributed by atoms with Gasteiger partial charge in [0.05, 0.1) is 6.61 Å². The fraction of sp³-hybridized carbons (Fsp3) is 0.818. The summed E-state index contributed by atoms with van der Waals surface area (Å²) in [4.78, 5) is 20.9. The zero-order chi connectivity index (χ0) is 13.1. The Kier molecular flexibility index (Phi) is 9.37. The van der Waals surface area contributed by atoms with Crippen LogP contribution in [0.25, 0.3) is 0 Å². The Morgan fingerprint density at radius 2 is 1.94 bits per heavy atom. The summed E-state index contributed by atoms with van der Waals surface area (Å²) in [6.07, 6.45) is 1.07. The summed E-state index contributed by atoms with van der Waals surface area (Å²) in [5.41, 5.74) is 0. The van der Waals surface area contributed by atoms with Gasteiger partial charge in [-0.3, -0.25) is 9.59 Å². The molecule has 6 heteroatoms. The molecule has 0 aliphatic carbocycles. The smallest absolute Gasteiger partial charge is 0.303 e. The van der Waals surface area contributed by atoms with Crippen LogP contribution in [0.1, 0.15) is 26.2 Å². The van der Waals surface area contributed by atoms with E-state index in [0.717, 1.165) is 0 Å². The number of hydrogen-bond acceptors (Lipinski definition) is 5. The van der Waals surface area contributed by atoms with Crippen LogP contribution in [-0.4, -0.2) is 50.1 Å². The Labute approximate surface area is 101 Å². The Bertz CT molecular complexity index is 228. The number of rotatable bonds is 10. The number of ether oxygens (including phenoxy) is 3. The van der Waals surface area contributed by atoms with Crippen LogP contribution >= 0.6 is 0 Å². The monoisotopic (exact) mass is 248 g/mol. The van der Waals surface area contributed by atoms with Crippen LogP contribution in [0.5, 0.6) is 0 Å². The molecule has 0 bridgehead atoms. The van der Waals surface area contributed by atoms with Gasteiger partial charge >= 0.3 is 11.9 Å². The molecule has 1 N–H and O–H groups in total. The van der Waals surface area contributed by atoms with Crippen molar-refractivity contribution in [3.63, 3.8) is 0 Å². The van der Waals surface area contributed by atoms with Crippen molar-refractivity contribution in [2.24, 2.45) is 0 Å². The SMILES string of the molecule is COCC(COC(C)=O)OCCCCC(=O)O. The van der Waals surface area contributed by atoms with Gasteiger partial charge in [0.15, 0.2) is 0 Å². The largest absolute Gasteiger partial charge is 0.481 e. The molecule has 6 nitrogen and oxygen atoms in total. The molecule has 0 aromatic heterocycles. The first-order chi connectivity index (χ1) is 8.06. The molecule has 0 fully saturated rings.